The van der Waals surface area contributed by atoms with Crippen LogP contribution in [0.5, 0.6) is 0 Å². The van der Waals surface area contributed by atoms with Crippen LogP contribution in [0, 0.1) is 0 Å². The van der Waals surface area contributed by atoms with E-state index in [0.717, 1.165) is 12.3 Å². The summed E-state index contributed by atoms with van der Waals surface area (Å²) in [6.45, 7) is 4.81. The van der Waals surface area contributed by atoms with E-state index in [1.165, 1.54) is 0 Å². The maximum absolute atomic E-state index is 11.8. The molecule has 19 heavy (non-hydrogen) atoms. The fourth-order valence-corrected chi connectivity index (χ4v) is 1.34. The van der Waals surface area contributed by atoms with Gasteiger partial charge in [0.15, 0.2) is 5.69 Å². The van der Waals surface area contributed by atoms with Crippen molar-refractivity contribution in [1.29, 1.82) is 0 Å². The largest absolute Gasteiger partial charge is 0.478 e. The number of esters is 1. The minimum atomic E-state index is -1.55. The van der Waals surface area contributed by atoms with E-state index in [2.05, 4.69) is 4.98 Å². The number of nitrogens with zero attached hydrogens (tertiary/aromatic N) is 1. The first-order valence-electron chi connectivity index (χ1n) is 5.32. The third-order valence-electron chi connectivity index (χ3n) is 1.99. The van der Waals surface area contributed by atoms with Gasteiger partial charge in [0, 0.05) is 6.20 Å². The third kappa shape index (κ3) is 3.51. The molecule has 0 saturated heterocycles. The van der Waals surface area contributed by atoms with E-state index in [9.17, 15) is 14.4 Å². The summed E-state index contributed by atoms with van der Waals surface area (Å²) in [4.78, 5) is 37.5. The molecular formula is C12H13NO6. The molecule has 1 aromatic heterocycles. The second-order valence-electron chi connectivity index (χ2n) is 4.69. The van der Waals surface area contributed by atoms with E-state index >= 15 is 0 Å². The third-order valence-corrected chi connectivity index (χ3v) is 1.99. The standard InChI is InChI=1S/C12H13NO6/c1-12(2,3)19-11(18)8-7(10(16)17)6(9(14)15)4-5-13-8/h4-5H,1-3H3,(H,14,15)(H,16,17). The Hall–Kier alpha value is -2.44. The molecule has 0 amide bonds. The van der Waals surface area contributed by atoms with E-state index < -0.39 is 40.3 Å². The van der Waals surface area contributed by atoms with E-state index in [1.807, 2.05) is 0 Å². The zero-order chi connectivity index (χ0) is 14.8. The number of hydrogen-bond acceptors (Lipinski definition) is 5. The minimum absolute atomic E-state index is 0.511. The molecular weight excluding hydrogens is 254 g/mol. The van der Waals surface area contributed by atoms with Crippen molar-refractivity contribution in [3.05, 3.63) is 29.1 Å². The van der Waals surface area contributed by atoms with Gasteiger partial charge in [-0.25, -0.2) is 19.4 Å². The number of aromatic nitrogens is 1. The zero-order valence-electron chi connectivity index (χ0n) is 10.6. The van der Waals surface area contributed by atoms with Gasteiger partial charge >= 0.3 is 17.9 Å². The van der Waals surface area contributed by atoms with E-state index in [-0.39, 0.29) is 0 Å². The van der Waals surface area contributed by atoms with Crippen LogP contribution in [0.4, 0.5) is 0 Å². The Morgan fingerprint density at radius 1 is 1.16 bits per heavy atom. The van der Waals surface area contributed by atoms with Crippen LogP contribution >= 0.6 is 0 Å². The lowest BCUT2D eigenvalue weighted by Gasteiger charge is -2.19. The number of carboxylic acids is 2. The van der Waals surface area contributed by atoms with Crippen LogP contribution in [0.15, 0.2) is 12.3 Å². The molecule has 2 N–H and O–H groups in total. The molecule has 1 aromatic rings. The van der Waals surface area contributed by atoms with E-state index in [1.54, 1.807) is 20.8 Å². The number of carbonyl (C=O) groups is 3. The van der Waals surface area contributed by atoms with Crippen molar-refractivity contribution >= 4 is 17.9 Å². The maximum atomic E-state index is 11.8. The molecule has 0 spiro atoms. The number of aromatic carboxylic acids is 2. The van der Waals surface area contributed by atoms with Gasteiger partial charge in [0.25, 0.3) is 0 Å². The van der Waals surface area contributed by atoms with Crippen molar-refractivity contribution in [3.8, 4) is 0 Å². The van der Waals surface area contributed by atoms with Crippen LogP contribution in [0.2, 0.25) is 0 Å². The van der Waals surface area contributed by atoms with Gasteiger partial charge in [-0.15, -0.1) is 0 Å². The Kier molecular flexibility index (Phi) is 3.89. The van der Waals surface area contributed by atoms with E-state index in [0.29, 0.717) is 0 Å². The van der Waals surface area contributed by atoms with Gasteiger partial charge in [0.2, 0.25) is 0 Å². The van der Waals surface area contributed by atoms with Crippen molar-refractivity contribution in [2.75, 3.05) is 0 Å². The second kappa shape index (κ2) is 5.05. The van der Waals surface area contributed by atoms with Crippen LogP contribution in [-0.4, -0.2) is 38.7 Å². The molecule has 1 rings (SSSR count). The van der Waals surface area contributed by atoms with Crippen molar-refractivity contribution in [1.82, 2.24) is 4.98 Å². The molecule has 0 aliphatic heterocycles. The van der Waals surface area contributed by atoms with Crippen LogP contribution in [-0.2, 0) is 4.74 Å². The quantitative estimate of drug-likeness (QED) is 0.796. The smallest absolute Gasteiger partial charge is 0.358 e. The molecule has 0 radical (unpaired) electrons. The Bertz CT molecular complexity index is 544. The van der Waals surface area contributed by atoms with Gasteiger partial charge in [-0.2, -0.15) is 0 Å². The Morgan fingerprint density at radius 3 is 2.16 bits per heavy atom. The molecule has 0 saturated carbocycles. The summed E-state index contributed by atoms with van der Waals surface area (Å²) in [5.74, 6) is -3.98. The predicted octanol–water partition coefficient (Wildman–Crippen LogP) is 1.43. The Balaban J connectivity index is 3.36. The summed E-state index contributed by atoms with van der Waals surface area (Å²) >= 11 is 0. The van der Waals surface area contributed by atoms with Gasteiger partial charge in [-0.3, -0.25) is 0 Å². The van der Waals surface area contributed by atoms with Crippen LogP contribution in [0.3, 0.4) is 0 Å². The van der Waals surface area contributed by atoms with Crippen LogP contribution in [0.1, 0.15) is 52.0 Å². The molecule has 0 bridgehead atoms. The van der Waals surface area contributed by atoms with E-state index in [4.69, 9.17) is 14.9 Å². The number of hydrogen-bond donors (Lipinski definition) is 2. The molecule has 0 unspecified atom stereocenters. The van der Waals surface area contributed by atoms with Crippen molar-refractivity contribution in [2.24, 2.45) is 0 Å². The predicted molar refractivity (Wildman–Crippen MR) is 63.3 cm³/mol. The number of carboxylic acid groups (broad SMARTS) is 2. The molecule has 0 aliphatic carbocycles. The van der Waals surface area contributed by atoms with Crippen LogP contribution in [0.25, 0.3) is 0 Å². The van der Waals surface area contributed by atoms with Gasteiger partial charge in [-0.05, 0) is 26.8 Å². The topological polar surface area (TPSA) is 114 Å². The van der Waals surface area contributed by atoms with Gasteiger partial charge in [0.05, 0.1) is 5.56 Å². The normalized spacial score (nSPS) is 10.9. The monoisotopic (exact) mass is 267 g/mol. The summed E-state index contributed by atoms with van der Waals surface area (Å²) < 4.78 is 4.99. The van der Waals surface area contributed by atoms with Crippen molar-refractivity contribution < 1.29 is 29.3 Å². The Morgan fingerprint density at radius 2 is 1.74 bits per heavy atom. The molecule has 0 atom stereocenters. The number of carbonyl (C=O) groups excluding carboxylic acids is 1. The molecule has 1 heterocycles. The molecule has 0 aliphatic rings. The van der Waals surface area contributed by atoms with Crippen molar-refractivity contribution in [3.63, 3.8) is 0 Å². The summed E-state index contributed by atoms with van der Waals surface area (Å²) in [6, 6.07) is 1.01. The average molecular weight is 267 g/mol. The number of rotatable bonds is 3. The lowest BCUT2D eigenvalue weighted by atomic mass is 10.1. The first-order chi connectivity index (χ1) is 8.63. The maximum Gasteiger partial charge on any atom is 0.358 e. The minimum Gasteiger partial charge on any atom is -0.478 e. The number of ether oxygens (including phenoxy) is 1. The summed E-state index contributed by atoms with van der Waals surface area (Å²) in [7, 11) is 0. The lowest BCUT2D eigenvalue weighted by molar-refractivity contribution is 0.00589. The van der Waals surface area contributed by atoms with Gasteiger partial charge in [-0.1, -0.05) is 0 Å². The average Bonchev–Trinajstić information content (AvgIpc) is 2.25. The fraction of sp³-hybridized carbons (Fsp3) is 0.333. The first kappa shape index (κ1) is 14.6. The summed E-state index contributed by atoms with van der Waals surface area (Å²) in [6.07, 6.45) is 1.05. The molecule has 102 valence electrons. The molecule has 7 heteroatoms. The zero-order valence-corrected chi connectivity index (χ0v) is 10.6. The summed E-state index contributed by atoms with van der Waals surface area (Å²) in [5, 5.41) is 17.9. The van der Waals surface area contributed by atoms with Crippen molar-refractivity contribution in [2.45, 2.75) is 26.4 Å². The summed E-state index contributed by atoms with van der Waals surface area (Å²) in [5.41, 5.74) is -2.55. The highest BCUT2D eigenvalue weighted by Gasteiger charge is 2.28. The number of pyridine rings is 1. The first-order valence-corrected chi connectivity index (χ1v) is 5.32. The highest BCUT2D eigenvalue weighted by atomic mass is 16.6. The molecule has 7 nitrogen and oxygen atoms in total. The fourth-order valence-electron chi connectivity index (χ4n) is 1.34. The molecule has 0 aromatic carbocycles. The SMILES string of the molecule is CC(C)(C)OC(=O)c1nccc(C(=O)O)c1C(=O)O. The van der Waals surface area contributed by atoms with Gasteiger partial charge < -0.3 is 14.9 Å². The van der Waals surface area contributed by atoms with Gasteiger partial charge in [0.1, 0.15) is 11.2 Å². The highest BCUT2D eigenvalue weighted by molar-refractivity contribution is 6.08. The molecule has 0 fully saturated rings. The second-order valence-corrected chi connectivity index (χ2v) is 4.69. The van der Waals surface area contributed by atoms with Crippen LogP contribution < -0.4 is 0 Å². The highest BCUT2D eigenvalue weighted by Crippen LogP contribution is 2.17. The Labute approximate surface area is 108 Å². The lowest BCUT2D eigenvalue weighted by Crippen LogP contribution is -2.26.